The lowest BCUT2D eigenvalue weighted by molar-refractivity contribution is -0.274. The van der Waals surface area contributed by atoms with Crippen molar-refractivity contribution in [2.75, 3.05) is 0 Å². The summed E-state index contributed by atoms with van der Waals surface area (Å²) >= 11 is 6.22. The molecule has 4 rings (SSSR count). The highest BCUT2D eigenvalue weighted by molar-refractivity contribution is 6.35. The molecule has 2 aromatic heterocycles. The zero-order chi connectivity index (χ0) is 18.5. The van der Waals surface area contributed by atoms with Crippen LogP contribution in [0.5, 0.6) is 5.75 Å². The first-order valence-electron chi connectivity index (χ1n) is 7.75. The van der Waals surface area contributed by atoms with Crippen LogP contribution in [-0.4, -0.2) is 16.3 Å². The maximum absolute atomic E-state index is 12.4. The number of hydrogen-bond donors (Lipinski definition) is 1. The number of H-pyrrole nitrogens is 1. The molecule has 0 bridgehead atoms. The summed E-state index contributed by atoms with van der Waals surface area (Å²) in [6.07, 6.45) is -4.72. The molecule has 4 aromatic rings. The lowest BCUT2D eigenvalue weighted by Gasteiger charge is -2.08. The van der Waals surface area contributed by atoms with E-state index < -0.39 is 6.36 Å². The third-order valence-corrected chi connectivity index (χ3v) is 4.50. The van der Waals surface area contributed by atoms with Crippen molar-refractivity contribution >= 4 is 33.4 Å². The molecule has 1 N–H and O–H groups in total. The number of aryl methyl sites for hydroxylation is 1. The fourth-order valence-electron chi connectivity index (χ4n) is 3.01. The minimum Gasteiger partial charge on any atom is -0.406 e. The number of nitrogens with zero attached hydrogens (tertiary/aromatic N) is 1. The average Bonchev–Trinajstić information content (AvgIpc) is 2.90. The fourth-order valence-corrected chi connectivity index (χ4v) is 3.23. The Morgan fingerprint density at radius 3 is 2.65 bits per heavy atom. The Balaban J connectivity index is 1.84. The largest absolute Gasteiger partial charge is 0.573 e. The third-order valence-electron chi connectivity index (χ3n) is 4.19. The Hall–Kier alpha value is -2.73. The standard InChI is InChI=1S/C19H12ClF3N2O/c1-10-13-9-12(26-19(21,22)23)6-8-15(13)24-17(10)16-7-5-11-3-2-4-14(20)18(11)25-16/h2-9,24H,1H3. The van der Waals surface area contributed by atoms with E-state index >= 15 is 0 Å². The van der Waals surface area contributed by atoms with Crippen molar-refractivity contribution in [2.45, 2.75) is 13.3 Å². The summed E-state index contributed by atoms with van der Waals surface area (Å²) in [6.45, 7) is 1.82. The van der Waals surface area contributed by atoms with Crippen LogP contribution in [0.1, 0.15) is 5.56 Å². The molecule has 0 aliphatic rings. The van der Waals surface area contributed by atoms with Gasteiger partial charge in [0.25, 0.3) is 0 Å². The number of hydrogen-bond acceptors (Lipinski definition) is 2. The fraction of sp³-hybridized carbons (Fsp3) is 0.105. The Labute approximate surface area is 151 Å². The first-order chi connectivity index (χ1) is 12.3. The zero-order valence-electron chi connectivity index (χ0n) is 13.5. The maximum Gasteiger partial charge on any atom is 0.573 e. The summed E-state index contributed by atoms with van der Waals surface area (Å²) < 4.78 is 41.3. The number of ether oxygens (including phenoxy) is 1. The molecule has 7 heteroatoms. The molecule has 0 spiro atoms. The second kappa shape index (κ2) is 5.92. The van der Waals surface area contributed by atoms with Gasteiger partial charge in [-0.3, -0.25) is 0 Å². The summed E-state index contributed by atoms with van der Waals surface area (Å²) in [6, 6.07) is 13.5. The minimum absolute atomic E-state index is 0.256. The summed E-state index contributed by atoms with van der Waals surface area (Å²) in [5.74, 6) is -0.256. The van der Waals surface area contributed by atoms with Crippen LogP contribution in [0.25, 0.3) is 33.2 Å². The predicted octanol–water partition coefficient (Wildman–Crippen LogP) is 6.24. The number of benzene rings is 2. The van der Waals surface area contributed by atoms with Crippen molar-refractivity contribution in [3.05, 3.63) is 59.1 Å². The number of rotatable bonds is 2. The van der Waals surface area contributed by atoms with E-state index in [4.69, 9.17) is 11.6 Å². The van der Waals surface area contributed by atoms with Crippen molar-refractivity contribution in [2.24, 2.45) is 0 Å². The molecule has 0 unspecified atom stereocenters. The van der Waals surface area contributed by atoms with E-state index in [2.05, 4.69) is 14.7 Å². The van der Waals surface area contributed by atoms with Gasteiger partial charge >= 0.3 is 6.36 Å². The number of nitrogens with one attached hydrogen (secondary N) is 1. The van der Waals surface area contributed by atoms with Crippen LogP contribution >= 0.6 is 11.6 Å². The van der Waals surface area contributed by atoms with Gasteiger partial charge in [0.1, 0.15) is 5.75 Å². The van der Waals surface area contributed by atoms with Gasteiger partial charge in [-0.1, -0.05) is 29.8 Å². The minimum atomic E-state index is -4.72. The number of pyridine rings is 1. The van der Waals surface area contributed by atoms with E-state index in [9.17, 15) is 13.2 Å². The van der Waals surface area contributed by atoms with Gasteiger partial charge in [0.15, 0.2) is 0 Å². The number of fused-ring (bicyclic) bond motifs is 2. The van der Waals surface area contributed by atoms with Gasteiger partial charge in [0.05, 0.1) is 21.9 Å². The number of halogens is 4. The highest BCUT2D eigenvalue weighted by Gasteiger charge is 2.31. The Morgan fingerprint density at radius 2 is 1.88 bits per heavy atom. The Bertz CT molecular complexity index is 1130. The average molecular weight is 377 g/mol. The van der Waals surface area contributed by atoms with Crippen LogP contribution in [0.4, 0.5) is 13.2 Å². The van der Waals surface area contributed by atoms with Crippen LogP contribution in [0.15, 0.2) is 48.5 Å². The summed E-state index contributed by atoms with van der Waals surface area (Å²) in [5, 5.41) is 2.10. The molecule has 2 aromatic carbocycles. The first kappa shape index (κ1) is 16.7. The van der Waals surface area contributed by atoms with Crippen molar-refractivity contribution < 1.29 is 17.9 Å². The number of aromatic amines is 1. The second-order valence-corrected chi connectivity index (χ2v) is 6.30. The number of aromatic nitrogens is 2. The van der Waals surface area contributed by atoms with Crippen LogP contribution in [0, 0.1) is 6.92 Å². The number of alkyl halides is 3. The van der Waals surface area contributed by atoms with Gasteiger partial charge < -0.3 is 9.72 Å². The van der Waals surface area contributed by atoms with E-state index in [0.717, 1.165) is 16.6 Å². The molecule has 0 aliphatic heterocycles. The molecule has 0 fully saturated rings. The van der Waals surface area contributed by atoms with E-state index in [1.54, 1.807) is 12.1 Å². The topological polar surface area (TPSA) is 37.9 Å². The molecular formula is C19H12ClF3N2O. The molecule has 0 saturated heterocycles. The molecule has 0 amide bonds. The van der Waals surface area contributed by atoms with Crippen LogP contribution in [-0.2, 0) is 0 Å². The highest BCUT2D eigenvalue weighted by atomic mass is 35.5. The molecule has 132 valence electrons. The molecule has 0 radical (unpaired) electrons. The summed E-state index contributed by atoms with van der Waals surface area (Å²) in [7, 11) is 0. The van der Waals surface area contributed by atoms with Crippen molar-refractivity contribution in [1.82, 2.24) is 9.97 Å². The maximum atomic E-state index is 12.4. The van der Waals surface area contributed by atoms with Gasteiger partial charge in [0.2, 0.25) is 0 Å². The molecule has 3 nitrogen and oxygen atoms in total. The normalized spacial score (nSPS) is 12.0. The quantitative estimate of drug-likeness (QED) is 0.449. The van der Waals surface area contributed by atoms with Gasteiger partial charge in [-0.05, 0) is 42.8 Å². The lowest BCUT2D eigenvalue weighted by atomic mass is 10.1. The third kappa shape index (κ3) is 2.97. The van der Waals surface area contributed by atoms with E-state index in [1.165, 1.54) is 12.1 Å². The summed E-state index contributed by atoms with van der Waals surface area (Å²) in [5.41, 5.74) is 3.55. The van der Waals surface area contributed by atoms with E-state index in [0.29, 0.717) is 27.1 Å². The van der Waals surface area contributed by atoms with Crippen molar-refractivity contribution in [1.29, 1.82) is 0 Å². The van der Waals surface area contributed by atoms with E-state index in [-0.39, 0.29) is 5.75 Å². The van der Waals surface area contributed by atoms with Gasteiger partial charge in [0, 0.05) is 16.3 Å². The van der Waals surface area contributed by atoms with Crippen molar-refractivity contribution in [3.63, 3.8) is 0 Å². The highest BCUT2D eigenvalue weighted by Crippen LogP contribution is 2.34. The summed E-state index contributed by atoms with van der Waals surface area (Å²) in [4.78, 5) is 7.82. The smallest absolute Gasteiger partial charge is 0.406 e. The molecular weight excluding hydrogens is 365 g/mol. The Morgan fingerprint density at radius 1 is 1.08 bits per heavy atom. The molecule has 0 aliphatic carbocycles. The van der Waals surface area contributed by atoms with Crippen LogP contribution in [0.2, 0.25) is 5.02 Å². The van der Waals surface area contributed by atoms with Crippen molar-refractivity contribution in [3.8, 4) is 17.1 Å². The lowest BCUT2D eigenvalue weighted by Crippen LogP contribution is -2.16. The number of para-hydroxylation sites is 1. The first-order valence-corrected chi connectivity index (χ1v) is 8.13. The van der Waals surface area contributed by atoms with Gasteiger partial charge in [-0.15, -0.1) is 13.2 Å². The zero-order valence-corrected chi connectivity index (χ0v) is 14.2. The SMILES string of the molecule is Cc1c(-c2ccc3cccc(Cl)c3n2)[nH]c2ccc(OC(F)(F)F)cc12. The Kier molecular flexibility index (Phi) is 3.80. The molecule has 26 heavy (non-hydrogen) atoms. The second-order valence-electron chi connectivity index (χ2n) is 5.89. The molecule has 2 heterocycles. The van der Waals surface area contributed by atoms with Gasteiger partial charge in [-0.2, -0.15) is 0 Å². The van der Waals surface area contributed by atoms with Crippen LogP contribution < -0.4 is 4.74 Å². The monoisotopic (exact) mass is 376 g/mol. The predicted molar refractivity (Wildman–Crippen MR) is 95.5 cm³/mol. The van der Waals surface area contributed by atoms with Gasteiger partial charge in [-0.25, -0.2) is 4.98 Å². The molecule has 0 atom stereocenters. The van der Waals surface area contributed by atoms with Crippen LogP contribution in [0.3, 0.4) is 0 Å². The molecule has 0 saturated carbocycles. The van der Waals surface area contributed by atoms with E-state index in [1.807, 2.05) is 31.2 Å².